The molecule has 1 aromatic carbocycles. The Bertz CT molecular complexity index is 789. The van der Waals surface area contributed by atoms with Gasteiger partial charge in [-0.25, -0.2) is 4.79 Å². The molecule has 1 aliphatic rings. The van der Waals surface area contributed by atoms with Gasteiger partial charge in [0.15, 0.2) is 0 Å². The van der Waals surface area contributed by atoms with Crippen molar-refractivity contribution in [2.45, 2.75) is 42.9 Å². The molecule has 2 aromatic rings. The van der Waals surface area contributed by atoms with Crippen LogP contribution in [-0.2, 0) is 9.53 Å². The van der Waals surface area contributed by atoms with E-state index in [9.17, 15) is 4.79 Å². The third-order valence-corrected chi connectivity index (χ3v) is 5.35. The lowest BCUT2D eigenvalue weighted by Crippen LogP contribution is -2.06. The maximum absolute atomic E-state index is 11.4. The number of carbonyl (C=O) groups is 1. The number of ether oxygens (including phenoxy) is 1. The summed E-state index contributed by atoms with van der Waals surface area (Å²) in [4.78, 5) is 15.8. The van der Waals surface area contributed by atoms with Crippen molar-refractivity contribution in [3.8, 4) is 11.3 Å². The number of carbonyl (C=O) groups excluding carboxylic acids is 1. The molecule has 1 saturated carbocycles. The molecule has 0 atom stereocenters. The summed E-state index contributed by atoms with van der Waals surface area (Å²) in [6.45, 7) is 0. The van der Waals surface area contributed by atoms with E-state index in [4.69, 9.17) is 18.4 Å². The van der Waals surface area contributed by atoms with E-state index < -0.39 is 0 Å². The lowest BCUT2D eigenvalue weighted by molar-refractivity contribution is -0.134. The summed E-state index contributed by atoms with van der Waals surface area (Å²) >= 11 is 4.78. The number of anilines is 1. The summed E-state index contributed by atoms with van der Waals surface area (Å²) < 4.78 is 4.68. The number of H-pyrrole nitrogens is 1. The van der Waals surface area contributed by atoms with Crippen LogP contribution in [0.1, 0.15) is 49.3 Å². The fraction of sp³-hybridized carbons (Fsp3) is 0.350. The average Bonchev–Trinajstić information content (AvgIpc) is 2.97. The highest BCUT2D eigenvalue weighted by Gasteiger charge is 2.25. The van der Waals surface area contributed by atoms with Crippen molar-refractivity contribution < 1.29 is 9.53 Å². The maximum Gasteiger partial charge on any atom is 0.330 e. The molecule has 25 heavy (non-hydrogen) atoms. The average molecular weight is 356 g/mol. The number of hydrogen-bond acceptors (Lipinski definition) is 4. The van der Waals surface area contributed by atoms with Gasteiger partial charge in [0.2, 0.25) is 0 Å². The molecule has 0 spiro atoms. The second-order valence-corrected chi connectivity index (χ2v) is 6.90. The number of rotatable bonds is 4. The van der Waals surface area contributed by atoms with Crippen LogP contribution in [0.3, 0.4) is 0 Å². The smallest absolute Gasteiger partial charge is 0.330 e. The number of hydrogen-bond donors (Lipinski definition) is 3. The first-order chi connectivity index (χ1) is 12.1. The minimum Gasteiger partial charge on any atom is -0.466 e. The molecule has 1 aromatic heterocycles. The standard InChI is InChI=1S/C20H24N2O2S/c1-24-17(23)12-11-16-20(25)18(13-7-3-2-4-8-13)19(22-16)14-9-5-6-10-15(14)21/h5-6,9-13,22,25H,2-4,7-8,21H2,1H3/b12-11+. The first kappa shape index (κ1) is 17.7. The lowest BCUT2D eigenvalue weighted by Gasteiger charge is -2.23. The van der Waals surface area contributed by atoms with Gasteiger partial charge in [-0.05, 0) is 36.5 Å². The number of aromatic nitrogens is 1. The van der Waals surface area contributed by atoms with E-state index in [0.29, 0.717) is 5.92 Å². The number of nitrogens with one attached hydrogen (secondary N) is 1. The maximum atomic E-state index is 11.4. The number of thiol groups is 1. The zero-order valence-electron chi connectivity index (χ0n) is 14.4. The van der Waals surface area contributed by atoms with Crippen molar-refractivity contribution in [2.24, 2.45) is 0 Å². The van der Waals surface area contributed by atoms with E-state index in [1.807, 2.05) is 24.3 Å². The Kier molecular flexibility index (Phi) is 5.53. The molecular formula is C20H24N2O2S. The van der Waals surface area contributed by atoms with Crippen LogP contribution in [0.2, 0.25) is 0 Å². The van der Waals surface area contributed by atoms with Crippen LogP contribution in [0.4, 0.5) is 5.69 Å². The van der Waals surface area contributed by atoms with Gasteiger partial charge < -0.3 is 15.5 Å². The van der Waals surface area contributed by atoms with Crippen LogP contribution in [0.15, 0.2) is 35.2 Å². The van der Waals surface area contributed by atoms with Crippen LogP contribution in [0.5, 0.6) is 0 Å². The zero-order valence-corrected chi connectivity index (χ0v) is 15.3. The third kappa shape index (κ3) is 3.76. The number of esters is 1. The molecule has 0 amide bonds. The summed E-state index contributed by atoms with van der Waals surface area (Å²) in [7, 11) is 1.37. The Morgan fingerprint density at radius 1 is 1.28 bits per heavy atom. The van der Waals surface area contributed by atoms with Crippen LogP contribution in [0.25, 0.3) is 17.3 Å². The molecule has 1 aliphatic carbocycles. The van der Waals surface area contributed by atoms with Gasteiger partial charge in [0.1, 0.15) is 0 Å². The Morgan fingerprint density at radius 2 is 2.00 bits per heavy atom. The number of nitrogen functional groups attached to an aromatic ring is 1. The van der Waals surface area contributed by atoms with Gasteiger partial charge >= 0.3 is 5.97 Å². The quantitative estimate of drug-likeness (QED) is 0.319. The van der Waals surface area contributed by atoms with Crippen molar-refractivity contribution in [3.05, 3.63) is 41.6 Å². The SMILES string of the molecule is COC(=O)/C=C/c1[nH]c(-c2ccccc2N)c(C2CCCCC2)c1S. The van der Waals surface area contributed by atoms with Crippen molar-refractivity contribution in [3.63, 3.8) is 0 Å². The van der Waals surface area contributed by atoms with Crippen molar-refractivity contribution in [1.29, 1.82) is 0 Å². The van der Waals surface area contributed by atoms with Gasteiger partial charge in [0.05, 0.1) is 18.5 Å². The van der Waals surface area contributed by atoms with Gasteiger partial charge in [0, 0.05) is 22.2 Å². The highest BCUT2D eigenvalue weighted by Crippen LogP contribution is 2.43. The van der Waals surface area contributed by atoms with Crippen LogP contribution >= 0.6 is 12.6 Å². The monoisotopic (exact) mass is 356 g/mol. The Balaban J connectivity index is 2.10. The van der Waals surface area contributed by atoms with E-state index in [-0.39, 0.29) is 5.97 Å². The summed E-state index contributed by atoms with van der Waals surface area (Å²) in [5.41, 5.74) is 11.0. The van der Waals surface area contributed by atoms with Crippen LogP contribution < -0.4 is 5.73 Å². The molecular weight excluding hydrogens is 332 g/mol. The molecule has 132 valence electrons. The number of para-hydroxylation sites is 1. The Labute approximate surface area is 153 Å². The Morgan fingerprint density at radius 3 is 2.68 bits per heavy atom. The van der Waals surface area contributed by atoms with Crippen molar-refractivity contribution in [1.82, 2.24) is 4.98 Å². The topological polar surface area (TPSA) is 68.1 Å². The molecule has 3 rings (SSSR count). The minimum absolute atomic E-state index is 0.387. The molecule has 1 heterocycles. The molecule has 1 fully saturated rings. The van der Waals surface area contributed by atoms with E-state index in [1.165, 1.54) is 38.0 Å². The molecule has 5 heteroatoms. The molecule has 4 nitrogen and oxygen atoms in total. The molecule has 0 saturated heterocycles. The minimum atomic E-state index is -0.387. The zero-order chi connectivity index (χ0) is 17.8. The number of aromatic amines is 1. The van der Waals surface area contributed by atoms with Gasteiger partial charge in [-0.2, -0.15) is 0 Å². The van der Waals surface area contributed by atoms with Crippen molar-refractivity contribution in [2.75, 3.05) is 12.8 Å². The van der Waals surface area contributed by atoms with Crippen LogP contribution in [-0.4, -0.2) is 18.1 Å². The molecule has 0 unspecified atom stereocenters. The Hall–Kier alpha value is -2.14. The summed E-state index contributed by atoms with van der Waals surface area (Å²) in [6, 6.07) is 7.85. The predicted octanol–water partition coefficient (Wildman–Crippen LogP) is 4.79. The summed E-state index contributed by atoms with van der Waals surface area (Å²) in [6.07, 6.45) is 9.22. The lowest BCUT2D eigenvalue weighted by atomic mass is 9.83. The largest absolute Gasteiger partial charge is 0.466 e. The van der Waals surface area contributed by atoms with E-state index in [0.717, 1.165) is 40.4 Å². The molecule has 0 bridgehead atoms. The van der Waals surface area contributed by atoms with Gasteiger partial charge in [-0.1, -0.05) is 37.5 Å². The first-order valence-corrected chi connectivity index (χ1v) is 9.12. The van der Waals surface area contributed by atoms with E-state index in [2.05, 4.69) is 9.72 Å². The highest BCUT2D eigenvalue weighted by molar-refractivity contribution is 7.80. The summed E-state index contributed by atoms with van der Waals surface area (Å²) in [5.74, 6) is 0.0784. The van der Waals surface area contributed by atoms with E-state index >= 15 is 0 Å². The van der Waals surface area contributed by atoms with Gasteiger partial charge in [0.25, 0.3) is 0 Å². The second kappa shape index (κ2) is 7.83. The fourth-order valence-electron chi connectivity index (χ4n) is 3.59. The number of nitrogens with two attached hydrogens (primary N) is 1. The number of methoxy groups -OCH3 is 1. The predicted molar refractivity (Wildman–Crippen MR) is 105 cm³/mol. The number of benzene rings is 1. The molecule has 3 N–H and O–H groups in total. The third-order valence-electron chi connectivity index (χ3n) is 4.87. The van der Waals surface area contributed by atoms with Crippen molar-refractivity contribution >= 4 is 30.4 Å². The summed E-state index contributed by atoms with van der Waals surface area (Å²) in [5, 5.41) is 0. The molecule has 0 radical (unpaired) electrons. The fourth-order valence-corrected chi connectivity index (χ4v) is 4.02. The first-order valence-electron chi connectivity index (χ1n) is 8.67. The second-order valence-electron chi connectivity index (χ2n) is 6.45. The van der Waals surface area contributed by atoms with Gasteiger partial charge in [-0.15, -0.1) is 12.6 Å². The van der Waals surface area contributed by atoms with E-state index in [1.54, 1.807) is 6.08 Å². The normalized spacial score (nSPS) is 15.6. The van der Waals surface area contributed by atoms with Crippen LogP contribution in [0, 0.1) is 0 Å². The molecule has 0 aliphatic heterocycles. The van der Waals surface area contributed by atoms with Gasteiger partial charge in [-0.3, -0.25) is 0 Å². The highest BCUT2D eigenvalue weighted by atomic mass is 32.1.